The zero-order chi connectivity index (χ0) is 13.9. The van der Waals surface area contributed by atoms with Crippen LogP contribution in [-0.2, 0) is 6.54 Å². The van der Waals surface area contributed by atoms with E-state index in [0.717, 1.165) is 22.1 Å². The monoisotopic (exact) mass is 304 g/mol. The number of hydrogen-bond donors (Lipinski definition) is 1. The lowest BCUT2D eigenvalue weighted by molar-refractivity contribution is 0.0947. The van der Waals surface area contributed by atoms with Crippen LogP contribution in [0.15, 0.2) is 39.4 Å². The minimum absolute atomic E-state index is 0.174. The Kier molecular flexibility index (Phi) is 3.66. The maximum Gasteiger partial charge on any atom is 0.280 e. The first-order valence-corrected chi connectivity index (χ1v) is 7.81. The van der Waals surface area contributed by atoms with Gasteiger partial charge in [-0.2, -0.15) is 0 Å². The number of aromatic nitrogens is 1. The minimum Gasteiger partial charge on any atom is -0.465 e. The van der Waals surface area contributed by atoms with Crippen molar-refractivity contribution in [3.8, 4) is 10.6 Å². The molecule has 1 amide bonds. The normalized spacial score (nSPS) is 10.7. The van der Waals surface area contributed by atoms with Crippen molar-refractivity contribution in [1.82, 2.24) is 10.3 Å². The van der Waals surface area contributed by atoms with E-state index in [-0.39, 0.29) is 5.91 Å². The van der Waals surface area contributed by atoms with Gasteiger partial charge in [-0.05, 0) is 30.5 Å². The molecule has 0 saturated carbocycles. The van der Waals surface area contributed by atoms with Gasteiger partial charge in [0, 0.05) is 5.38 Å². The van der Waals surface area contributed by atoms with Crippen molar-refractivity contribution >= 4 is 28.6 Å². The zero-order valence-corrected chi connectivity index (χ0v) is 12.4. The third-order valence-electron chi connectivity index (χ3n) is 2.69. The molecule has 0 saturated heterocycles. The SMILES string of the molecule is Cc1ccc(CNC(=O)c2nc(-c3cccs3)cs2)o1. The Bertz CT molecular complexity index is 713. The Morgan fingerprint density at radius 2 is 2.25 bits per heavy atom. The Morgan fingerprint density at radius 1 is 1.35 bits per heavy atom. The fourth-order valence-corrected chi connectivity index (χ4v) is 3.23. The van der Waals surface area contributed by atoms with Gasteiger partial charge in [-0.15, -0.1) is 22.7 Å². The molecule has 0 bridgehead atoms. The summed E-state index contributed by atoms with van der Waals surface area (Å²) >= 11 is 2.96. The number of carbonyl (C=O) groups excluding carboxylic acids is 1. The van der Waals surface area contributed by atoms with Crippen LogP contribution in [0.1, 0.15) is 21.3 Å². The smallest absolute Gasteiger partial charge is 0.280 e. The fourth-order valence-electron chi connectivity index (χ4n) is 1.74. The van der Waals surface area contributed by atoms with E-state index in [2.05, 4.69) is 10.3 Å². The van der Waals surface area contributed by atoms with Gasteiger partial charge in [0.15, 0.2) is 5.01 Å². The second-order valence-electron chi connectivity index (χ2n) is 4.21. The van der Waals surface area contributed by atoms with Gasteiger partial charge in [0.1, 0.15) is 11.5 Å². The molecule has 3 aromatic heterocycles. The Hall–Kier alpha value is -1.92. The summed E-state index contributed by atoms with van der Waals surface area (Å²) in [7, 11) is 0. The summed E-state index contributed by atoms with van der Waals surface area (Å²) in [5, 5.41) is 7.17. The van der Waals surface area contributed by atoms with Crippen molar-refractivity contribution in [2.45, 2.75) is 13.5 Å². The number of furan rings is 1. The molecule has 3 heterocycles. The summed E-state index contributed by atoms with van der Waals surface area (Å²) in [6.45, 7) is 2.25. The highest BCUT2D eigenvalue weighted by atomic mass is 32.1. The second-order valence-corrected chi connectivity index (χ2v) is 6.02. The van der Waals surface area contributed by atoms with E-state index in [1.165, 1.54) is 11.3 Å². The molecule has 6 heteroatoms. The average molecular weight is 304 g/mol. The lowest BCUT2D eigenvalue weighted by Gasteiger charge is -1.99. The largest absolute Gasteiger partial charge is 0.465 e. The number of thiazole rings is 1. The molecule has 3 aromatic rings. The molecule has 0 aliphatic rings. The van der Waals surface area contributed by atoms with E-state index in [9.17, 15) is 4.79 Å². The first kappa shape index (κ1) is 13.1. The number of carbonyl (C=O) groups is 1. The van der Waals surface area contributed by atoms with Crippen molar-refractivity contribution in [1.29, 1.82) is 0 Å². The minimum atomic E-state index is -0.174. The third kappa shape index (κ3) is 2.81. The van der Waals surface area contributed by atoms with E-state index in [1.807, 2.05) is 41.9 Å². The van der Waals surface area contributed by atoms with Crippen LogP contribution in [0, 0.1) is 6.92 Å². The first-order chi connectivity index (χ1) is 9.72. The van der Waals surface area contributed by atoms with E-state index in [1.54, 1.807) is 11.3 Å². The topological polar surface area (TPSA) is 55.1 Å². The molecular formula is C14H12N2O2S2. The number of nitrogens with zero attached hydrogens (tertiary/aromatic N) is 1. The summed E-state index contributed by atoms with van der Waals surface area (Å²) in [6, 6.07) is 7.69. The average Bonchev–Trinajstić information content (AvgIpc) is 3.16. The second kappa shape index (κ2) is 5.60. The van der Waals surface area contributed by atoms with Gasteiger partial charge in [-0.25, -0.2) is 4.98 Å². The van der Waals surface area contributed by atoms with Gasteiger partial charge >= 0.3 is 0 Å². The molecule has 0 aliphatic heterocycles. The number of hydrogen-bond acceptors (Lipinski definition) is 5. The van der Waals surface area contributed by atoms with Crippen LogP contribution in [0.5, 0.6) is 0 Å². The molecule has 0 radical (unpaired) electrons. The van der Waals surface area contributed by atoms with Gasteiger partial charge in [-0.3, -0.25) is 4.79 Å². The maximum absolute atomic E-state index is 12.0. The van der Waals surface area contributed by atoms with Crippen molar-refractivity contribution in [2.75, 3.05) is 0 Å². The predicted molar refractivity (Wildman–Crippen MR) is 80.0 cm³/mol. The quantitative estimate of drug-likeness (QED) is 0.799. The van der Waals surface area contributed by atoms with E-state index < -0.39 is 0 Å². The standard InChI is InChI=1S/C14H12N2O2S2/c1-9-4-5-10(18-9)7-15-13(17)14-16-11(8-20-14)12-3-2-6-19-12/h2-6,8H,7H2,1H3,(H,15,17). The van der Waals surface area contributed by atoms with Gasteiger partial charge < -0.3 is 9.73 Å². The van der Waals surface area contributed by atoms with Crippen LogP contribution in [0.2, 0.25) is 0 Å². The van der Waals surface area contributed by atoms with Crippen LogP contribution >= 0.6 is 22.7 Å². The lowest BCUT2D eigenvalue weighted by atomic mass is 10.4. The number of aryl methyl sites for hydroxylation is 1. The highest BCUT2D eigenvalue weighted by Gasteiger charge is 2.12. The van der Waals surface area contributed by atoms with Gasteiger partial charge in [-0.1, -0.05) is 6.07 Å². The predicted octanol–water partition coefficient (Wildman–Crippen LogP) is 3.70. The molecule has 1 N–H and O–H groups in total. The number of rotatable bonds is 4. The van der Waals surface area contributed by atoms with Crippen LogP contribution in [0.4, 0.5) is 0 Å². The van der Waals surface area contributed by atoms with Crippen LogP contribution < -0.4 is 5.32 Å². The Balaban J connectivity index is 1.65. The summed E-state index contributed by atoms with van der Waals surface area (Å²) in [6.07, 6.45) is 0. The summed E-state index contributed by atoms with van der Waals surface area (Å²) in [5.41, 5.74) is 0.851. The molecule has 0 aliphatic carbocycles. The Labute approximate surface area is 124 Å². The molecule has 0 unspecified atom stereocenters. The highest BCUT2D eigenvalue weighted by Crippen LogP contribution is 2.26. The molecule has 0 aromatic carbocycles. The van der Waals surface area contributed by atoms with Crippen LogP contribution in [0.3, 0.4) is 0 Å². The van der Waals surface area contributed by atoms with E-state index >= 15 is 0 Å². The summed E-state index contributed by atoms with van der Waals surface area (Å²) < 4.78 is 5.40. The molecule has 0 spiro atoms. The lowest BCUT2D eigenvalue weighted by Crippen LogP contribution is -2.22. The molecular weight excluding hydrogens is 292 g/mol. The maximum atomic E-state index is 12.0. The van der Waals surface area contributed by atoms with E-state index in [4.69, 9.17) is 4.42 Å². The zero-order valence-electron chi connectivity index (χ0n) is 10.8. The van der Waals surface area contributed by atoms with Crippen LogP contribution in [0.25, 0.3) is 10.6 Å². The molecule has 3 rings (SSSR count). The number of thiophene rings is 1. The van der Waals surface area contributed by atoms with Gasteiger partial charge in [0.05, 0.1) is 17.1 Å². The van der Waals surface area contributed by atoms with Gasteiger partial charge in [0.25, 0.3) is 5.91 Å². The number of amides is 1. The third-order valence-corrected chi connectivity index (χ3v) is 4.42. The van der Waals surface area contributed by atoms with Crippen molar-refractivity contribution in [3.05, 3.63) is 51.6 Å². The summed E-state index contributed by atoms with van der Waals surface area (Å²) in [5.74, 6) is 1.40. The van der Waals surface area contributed by atoms with Crippen molar-refractivity contribution in [3.63, 3.8) is 0 Å². The van der Waals surface area contributed by atoms with E-state index in [0.29, 0.717) is 11.6 Å². The first-order valence-electron chi connectivity index (χ1n) is 6.05. The van der Waals surface area contributed by atoms with Crippen molar-refractivity contribution in [2.24, 2.45) is 0 Å². The molecule has 102 valence electrons. The molecule has 20 heavy (non-hydrogen) atoms. The van der Waals surface area contributed by atoms with Crippen molar-refractivity contribution < 1.29 is 9.21 Å². The van der Waals surface area contributed by atoms with Gasteiger partial charge in [0.2, 0.25) is 0 Å². The highest BCUT2D eigenvalue weighted by molar-refractivity contribution is 7.15. The molecule has 0 fully saturated rings. The van der Waals surface area contributed by atoms with Crippen LogP contribution in [-0.4, -0.2) is 10.9 Å². The molecule has 0 atom stereocenters. The number of nitrogens with one attached hydrogen (secondary N) is 1. The Morgan fingerprint density at radius 3 is 2.95 bits per heavy atom. The summed E-state index contributed by atoms with van der Waals surface area (Å²) in [4.78, 5) is 17.4. The molecule has 4 nitrogen and oxygen atoms in total. The fraction of sp³-hybridized carbons (Fsp3) is 0.143.